The van der Waals surface area contributed by atoms with Gasteiger partial charge in [-0.05, 0) is 53.4 Å². The average molecular weight is 178 g/mol. The molecule has 6 atom stereocenters. The lowest BCUT2D eigenvalue weighted by atomic mass is 9.64. The molecular formula is C11H14S. The van der Waals surface area contributed by atoms with Gasteiger partial charge >= 0.3 is 0 Å². The zero-order valence-electron chi connectivity index (χ0n) is 7.15. The molecule has 0 N–H and O–H groups in total. The van der Waals surface area contributed by atoms with Gasteiger partial charge < -0.3 is 0 Å². The van der Waals surface area contributed by atoms with Gasteiger partial charge in [-0.1, -0.05) is 12.2 Å². The maximum Gasteiger partial charge on any atom is -0.00301 e. The highest BCUT2D eigenvalue weighted by Crippen LogP contribution is 2.65. The van der Waals surface area contributed by atoms with Crippen LogP contribution in [0.5, 0.6) is 0 Å². The molecular weight excluding hydrogens is 164 g/mol. The quantitative estimate of drug-likeness (QED) is 0.513. The van der Waals surface area contributed by atoms with Crippen LogP contribution < -0.4 is 0 Å². The second-order valence-corrected chi connectivity index (χ2v) is 6.04. The minimum Gasteiger partial charge on any atom is -0.161 e. The van der Waals surface area contributed by atoms with Gasteiger partial charge in [-0.25, -0.2) is 0 Å². The van der Waals surface area contributed by atoms with Crippen molar-refractivity contribution >= 4 is 11.8 Å². The lowest BCUT2D eigenvalue weighted by Gasteiger charge is -2.40. The van der Waals surface area contributed by atoms with Crippen molar-refractivity contribution in [3.8, 4) is 0 Å². The second-order valence-electron chi connectivity index (χ2n) is 4.97. The van der Waals surface area contributed by atoms with E-state index in [1.807, 2.05) is 0 Å². The van der Waals surface area contributed by atoms with Crippen molar-refractivity contribution in [2.24, 2.45) is 35.5 Å². The number of rotatable bonds is 0. The number of thioether (sulfide) groups is 1. The van der Waals surface area contributed by atoms with Gasteiger partial charge in [0.05, 0.1) is 0 Å². The summed E-state index contributed by atoms with van der Waals surface area (Å²) in [4.78, 5) is 0. The van der Waals surface area contributed by atoms with E-state index >= 15 is 0 Å². The predicted molar refractivity (Wildman–Crippen MR) is 52.0 cm³/mol. The molecule has 0 spiro atoms. The van der Waals surface area contributed by atoms with Crippen molar-refractivity contribution in [3.05, 3.63) is 12.2 Å². The van der Waals surface area contributed by atoms with Crippen LogP contribution in [0.15, 0.2) is 12.2 Å². The van der Waals surface area contributed by atoms with E-state index in [9.17, 15) is 0 Å². The standard InChI is InChI=1S/C11H14S/c1-2-7-9-3-8(9)6(1)10-4-12-5-11(7)10/h1-2,6-11H,3-5H2/t6-,7-,8-,9-,10+,11+/m0/s1. The summed E-state index contributed by atoms with van der Waals surface area (Å²) in [5.41, 5.74) is 0. The van der Waals surface area contributed by atoms with Crippen LogP contribution in [0.1, 0.15) is 6.42 Å². The molecule has 1 saturated heterocycles. The Morgan fingerprint density at radius 3 is 2.00 bits per heavy atom. The van der Waals surface area contributed by atoms with Crippen molar-refractivity contribution in [1.82, 2.24) is 0 Å². The molecule has 4 aliphatic carbocycles. The Hall–Kier alpha value is 0.0900. The van der Waals surface area contributed by atoms with Crippen LogP contribution >= 0.6 is 11.8 Å². The molecule has 64 valence electrons. The van der Waals surface area contributed by atoms with E-state index in [4.69, 9.17) is 0 Å². The van der Waals surface area contributed by atoms with E-state index in [1.165, 1.54) is 11.5 Å². The molecule has 0 aromatic carbocycles. The minimum atomic E-state index is 1.01. The van der Waals surface area contributed by atoms with Crippen molar-refractivity contribution in [2.45, 2.75) is 6.42 Å². The summed E-state index contributed by atoms with van der Waals surface area (Å²) in [5, 5.41) is 0. The van der Waals surface area contributed by atoms with Gasteiger partial charge in [0.25, 0.3) is 0 Å². The normalized spacial score (nSPS) is 64.7. The molecule has 0 aromatic heterocycles. The third-order valence-electron chi connectivity index (χ3n) is 4.59. The van der Waals surface area contributed by atoms with Gasteiger partial charge in [0.2, 0.25) is 0 Å². The molecule has 12 heavy (non-hydrogen) atoms. The van der Waals surface area contributed by atoms with E-state index < -0.39 is 0 Å². The first kappa shape index (κ1) is 6.53. The van der Waals surface area contributed by atoms with Gasteiger partial charge in [0.15, 0.2) is 0 Å². The fourth-order valence-electron chi connectivity index (χ4n) is 3.96. The molecule has 5 aliphatic rings. The summed E-state index contributed by atoms with van der Waals surface area (Å²) in [6.07, 6.45) is 6.69. The predicted octanol–water partition coefficient (Wildman–Crippen LogP) is 2.42. The Morgan fingerprint density at radius 1 is 0.833 bits per heavy atom. The van der Waals surface area contributed by atoms with Crippen molar-refractivity contribution in [3.63, 3.8) is 0 Å². The highest BCUT2D eigenvalue weighted by Gasteiger charge is 2.59. The van der Waals surface area contributed by atoms with Gasteiger partial charge in [-0.15, -0.1) is 0 Å². The van der Waals surface area contributed by atoms with Crippen LogP contribution in [0.4, 0.5) is 0 Å². The zero-order valence-corrected chi connectivity index (χ0v) is 7.96. The number of allylic oxidation sites excluding steroid dienone is 2. The van der Waals surface area contributed by atoms with Crippen LogP contribution in [-0.2, 0) is 0 Å². The second kappa shape index (κ2) is 1.95. The number of hydrogen-bond acceptors (Lipinski definition) is 1. The average Bonchev–Trinajstić information content (AvgIpc) is 2.77. The zero-order chi connectivity index (χ0) is 7.71. The first-order chi connectivity index (χ1) is 5.95. The van der Waals surface area contributed by atoms with E-state index in [0.29, 0.717) is 0 Å². The molecule has 3 fully saturated rings. The molecule has 0 nitrogen and oxygen atoms in total. The van der Waals surface area contributed by atoms with Gasteiger partial charge in [-0.3, -0.25) is 0 Å². The third-order valence-corrected chi connectivity index (χ3v) is 5.84. The number of hydrogen-bond donors (Lipinski definition) is 0. The molecule has 0 unspecified atom stereocenters. The Morgan fingerprint density at radius 2 is 1.42 bits per heavy atom. The molecule has 1 heteroatoms. The fourth-order valence-corrected chi connectivity index (χ4v) is 5.58. The highest BCUT2D eigenvalue weighted by atomic mass is 32.2. The lowest BCUT2D eigenvalue weighted by molar-refractivity contribution is 0.156. The van der Waals surface area contributed by atoms with E-state index in [1.54, 1.807) is 6.42 Å². The summed E-state index contributed by atoms with van der Waals surface area (Å²) in [6.45, 7) is 0. The van der Waals surface area contributed by atoms with Crippen LogP contribution in [0, 0.1) is 35.5 Å². The molecule has 0 amide bonds. The molecule has 2 saturated carbocycles. The summed E-state index contributed by atoms with van der Waals surface area (Å²) in [7, 11) is 0. The van der Waals surface area contributed by atoms with Crippen molar-refractivity contribution < 1.29 is 0 Å². The van der Waals surface area contributed by atoms with E-state index in [2.05, 4.69) is 23.9 Å². The van der Waals surface area contributed by atoms with Crippen LogP contribution in [-0.4, -0.2) is 11.5 Å². The molecule has 2 bridgehead atoms. The van der Waals surface area contributed by atoms with Crippen LogP contribution in [0.25, 0.3) is 0 Å². The largest absolute Gasteiger partial charge is 0.161 e. The fraction of sp³-hybridized carbons (Fsp3) is 0.818. The van der Waals surface area contributed by atoms with Crippen LogP contribution in [0.2, 0.25) is 0 Å². The molecule has 0 radical (unpaired) electrons. The monoisotopic (exact) mass is 178 g/mol. The maximum atomic E-state index is 2.56. The molecule has 0 aromatic rings. The molecule has 1 heterocycles. The summed E-state index contributed by atoms with van der Waals surface area (Å²) < 4.78 is 0. The maximum absolute atomic E-state index is 2.56. The molecule has 1 aliphatic heterocycles. The summed E-state index contributed by atoms with van der Waals surface area (Å²) in [6, 6.07) is 0. The van der Waals surface area contributed by atoms with Gasteiger partial charge in [-0.2, -0.15) is 11.8 Å². The van der Waals surface area contributed by atoms with E-state index in [-0.39, 0.29) is 0 Å². The Labute approximate surface area is 77.8 Å². The first-order valence-electron chi connectivity index (χ1n) is 5.21. The Kier molecular flexibility index (Phi) is 1.06. The van der Waals surface area contributed by atoms with Crippen molar-refractivity contribution in [1.29, 1.82) is 0 Å². The van der Waals surface area contributed by atoms with Crippen LogP contribution in [0.3, 0.4) is 0 Å². The van der Waals surface area contributed by atoms with Gasteiger partial charge in [0, 0.05) is 0 Å². The molecule has 5 rings (SSSR count). The minimum absolute atomic E-state index is 1.01. The first-order valence-corrected chi connectivity index (χ1v) is 6.37. The van der Waals surface area contributed by atoms with E-state index in [0.717, 1.165) is 35.5 Å². The third kappa shape index (κ3) is 0.606. The van der Waals surface area contributed by atoms with Crippen molar-refractivity contribution in [2.75, 3.05) is 11.5 Å². The SMILES string of the molecule is C1=C[C@@H]2[C@H]3CSC[C@@H]3[C@@H]1[C@@H]1C[C@@H]21. The Bertz CT molecular complexity index is 234. The van der Waals surface area contributed by atoms with Gasteiger partial charge in [0.1, 0.15) is 0 Å². The summed E-state index contributed by atoms with van der Waals surface area (Å²) >= 11 is 2.21. The summed E-state index contributed by atoms with van der Waals surface area (Å²) in [5.74, 6) is 9.43. The topological polar surface area (TPSA) is 0 Å². The highest BCUT2D eigenvalue weighted by molar-refractivity contribution is 7.99. The Balaban J connectivity index is 1.83. The lowest BCUT2D eigenvalue weighted by Crippen LogP contribution is -2.37. The smallest absolute Gasteiger partial charge is 0.00301 e.